The lowest BCUT2D eigenvalue weighted by molar-refractivity contribution is -0.116. The lowest BCUT2D eigenvalue weighted by Gasteiger charge is -2.18. The Hall–Kier alpha value is -5.12. The molecule has 0 saturated carbocycles. The maximum absolute atomic E-state index is 13.6. The van der Waals surface area contributed by atoms with Crippen LogP contribution in [0.4, 0.5) is 11.4 Å². The highest BCUT2D eigenvalue weighted by atomic mass is 32.2. The fourth-order valence-electron chi connectivity index (χ4n) is 4.49. The molecular formula is C38H35N3O4S2. The van der Waals surface area contributed by atoms with Gasteiger partial charge in [-0.15, -0.1) is 11.8 Å². The number of thiophene rings is 1. The number of benzene rings is 4. The number of unbranched alkanes of at least 4 members (excludes halogenated alkanes) is 1. The summed E-state index contributed by atoms with van der Waals surface area (Å²) in [6.07, 6.45) is 3.70. The van der Waals surface area contributed by atoms with E-state index in [1.165, 1.54) is 23.1 Å². The summed E-state index contributed by atoms with van der Waals surface area (Å²) in [5.41, 5.74) is 3.47. The van der Waals surface area contributed by atoms with Crippen LogP contribution in [0.25, 0.3) is 6.08 Å². The Bertz CT molecular complexity index is 1770. The summed E-state index contributed by atoms with van der Waals surface area (Å²) in [6, 6.07) is 34.9. The molecule has 5 aromatic rings. The van der Waals surface area contributed by atoms with E-state index in [4.69, 9.17) is 4.74 Å². The largest absolute Gasteiger partial charge is 0.494 e. The van der Waals surface area contributed by atoms with Crippen molar-refractivity contribution < 1.29 is 19.1 Å². The minimum Gasteiger partial charge on any atom is -0.494 e. The summed E-state index contributed by atoms with van der Waals surface area (Å²) < 4.78 is 5.74. The number of carbonyl (C=O) groups is 3. The van der Waals surface area contributed by atoms with Crippen LogP contribution in [0.3, 0.4) is 0 Å². The molecule has 0 aliphatic carbocycles. The van der Waals surface area contributed by atoms with Gasteiger partial charge >= 0.3 is 0 Å². The minimum atomic E-state index is -0.523. The normalized spacial score (nSPS) is 11.7. The number of hydrogen-bond acceptors (Lipinski definition) is 6. The highest BCUT2D eigenvalue weighted by molar-refractivity contribution is 8.00. The van der Waals surface area contributed by atoms with Crippen molar-refractivity contribution in [3.63, 3.8) is 0 Å². The number of anilines is 2. The maximum Gasteiger partial charge on any atom is 0.272 e. The molecule has 0 aliphatic rings. The first-order valence-corrected chi connectivity index (χ1v) is 17.1. The van der Waals surface area contributed by atoms with Gasteiger partial charge in [-0.2, -0.15) is 11.3 Å². The van der Waals surface area contributed by atoms with E-state index in [-0.39, 0.29) is 17.5 Å². The average Bonchev–Trinajstić information content (AvgIpc) is 3.62. The highest BCUT2D eigenvalue weighted by Crippen LogP contribution is 2.37. The molecule has 9 heteroatoms. The van der Waals surface area contributed by atoms with Crippen LogP contribution >= 0.6 is 23.1 Å². The van der Waals surface area contributed by atoms with Gasteiger partial charge in [0.2, 0.25) is 5.91 Å². The zero-order valence-corrected chi connectivity index (χ0v) is 27.5. The second-order valence-corrected chi connectivity index (χ2v) is 12.5. The molecule has 1 atom stereocenters. The van der Waals surface area contributed by atoms with Crippen molar-refractivity contribution in [2.24, 2.45) is 0 Å². The summed E-state index contributed by atoms with van der Waals surface area (Å²) in [7, 11) is 0. The molecule has 3 amide bonds. The van der Waals surface area contributed by atoms with Gasteiger partial charge in [0.15, 0.2) is 0 Å². The molecule has 1 unspecified atom stereocenters. The second kappa shape index (κ2) is 17.0. The Morgan fingerprint density at radius 3 is 2.13 bits per heavy atom. The highest BCUT2D eigenvalue weighted by Gasteiger charge is 2.23. The Morgan fingerprint density at radius 2 is 1.47 bits per heavy atom. The van der Waals surface area contributed by atoms with E-state index >= 15 is 0 Å². The zero-order chi connectivity index (χ0) is 32.8. The predicted octanol–water partition coefficient (Wildman–Crippen LogP) is 8.81. The molecule has 0 spiro atoms. The summed E-state index contributed by atoms with van der Waals surface area (Å²) in [6.45, 7) is 2.78. The fraction of sp³-hybridized carbons (Fsp3) is 0.132. The van der Waals surface area contributed by atoms with E-state index in [1.54, 1.807) is 42.5 Å². The number of rotatable bonds is 14. The van der Waals surface area contributed by atoms with Crippen molar-refractivity contribution >= 4 is 58.3 Å². The number of nitrogens with one attached hydrogen (secondary N) is 3. The third-order valence-corrected chi connectivity index (χ3v) is 8.95. The van der Waals surface area contributed by atoms with Gasteiger partial charge in [0.1, 0.15) is 16.7 Å². The third-order valence-electron chi connectivity index (χ3n) is 6.98. The number of amides is 3. The van der Waals surface area contributed by atoms with Gasteiger partial charge < -0.3 is 20.7 Å². The second-order valence-electron chi connectivity index (χ2n) is 10.5. The molecule has 47 heavy (non-hydrogen) atoms. The lowest BCUT2D eigenvalue weighted by atomic mass is 10.1. The number of carbonyl (C=O) groups excluding carboxylic acids is 3. The Balaban J connectivity index is 1.26. The van der Waals surface area contributed by atoms with Gasteiger partial charge in [-0.3, -0.25) is 14.4 Å². The number of hydrogen-bond donors (Lipinski definition) is 3. The topological polar surface area (TPSA) is 96.5 Å². The molecule has 3 N–H and O–H groups in total. The average molecular weight is 662 g/mol. The van der Waals surface area contributed by atoms with Gasteiger partial charge in [0.05, 0.1) is 6.61 Å². The van der Waals surface area contributed by atoms with E-state index < -0.39 is 11.2 Å². The number of ether oxygens (including phenoxy) is 1. The zero-order valence-electron chi connectivity index (χ0n) is 25.8. The van der Waals surface area contributed by atoms with Crippen molar-refractivity contribution in [3.8, 4) is 5.75 Å². The first kappa shape index (κ1) is 33.2. The van der Waals surface area contributed by atoms with Crippen molar-refractivity contribution in [2.75, 3.05) is 17.2 Å². The standard InChI is InChI=1S/C38H35N3O4S2/c1-2-3-23-45-32-18-14-30(15-19-32)40-38(44)35(28-10-6-4-7-11-28)47-33-20-16-31(17-21-33)39-37(43)34(25-27-22-24-46-26-27)41-36(42)29-12-8-5-9-13-29/h4-22,24-26,35H,2-3,23H2,1H3,(H,39,43)(H,40,44)(H,41,42)/b34-25-. The van der Waals surface area contributed by atoms with Gasteiger partial charge in [0, 0.05) is 21.8 Å². The molecule has 1 aromatic heterocycles. The van der Waals surface area contributed by atoms with Crippen LogP contribution in [0.5, 0.6) is 5.75 Å². The van der Waals surface area contributed by atoms with Gasteiger partial charge in [-0.05, 0) is 101 Å². The Morgan fingerprint density at radius 1 is 0.809 bits per heavy atom. The molecule has 0 radical (unpaired) electrons. The summed E-state index contributed by atoms with van der Waals surface area (Å²) in [5.74, 6) is -0.222. The summed E-state index contributed by atoms with van der Waals surface area (Å²) in [5, 5.41) is 11.9. The van der Waals surface area contributed by atoms with Crippen molar-refractivity contribution in [2.45, 2.75) is 29.9 Å². The van der Waals surface area contributed by atoms with Crippen LogP contribution < -0.4 is 20.7 Å². The van der Waals surface area contributed by atoms with Crippen LogP contribution in [-0.4, -0.2) is 24.3 Å². The van der Waals surface area contributed by atoms with Crippen LogP contribution in [0, 0.1) is 0 Å². The van der Waals surface area contributed by atoms with Crippen LogP contribution in [0.2, 0.25) is 0 Å². The van der Waals surface area contributed by atoms with E-state index in [0.29, 0.717) is 23.5 Å². The monoisotopic (exact) mass is 661 g/mol. The summed E-state index contributed by atoms with van der Waals surface area (Å²) in [4.78, 5) is 40.6. The van der Waals surface area contributed by atoms with Gasteiger partial charge in [0.25, 0.3) is 11.8 Å². The van der Waals surface area contributed by atoms with Crippen molar-refractivity contribution in [3.05, 3.63) is 148 Å². The Labute approximate surface area is 283 Å². The van der Waals surface area contributed by atoms with Crippen molar-refractivity contribution in [1.82, 2.24) is 5.32 Å². The first-order chi connectivity index (χ1) is 23.0. The summed E-state index contributed by atoms with van der Waals surface area (Å²) >= 11 is 2.91. The van der Waals surface area contributed by atoms with E-state index in [2.05, 4.69) is 22.9 Å². The molecule has 0 saturated heterocycles. The molecule has 7 nitrogen and oxygen atoms in total. The maximum atomic E-state index is 13.6. The van der Waals surface area contributed by atoms with Crippen LogP contribution in [-0.2, 0) is 9.59 Å². The minimum absolute atomic E-state index is 0.122. The fourth-order valence-corrected chi connectivity index (χ4v) is 6.14. The van der Waals surface area contributed by atoms with E-state index in [1.807, 2.05) is 89.6 Å². The quantitative estimate of drug-likeness (QED) is 0.0628. The van der Waals surface area contributed by atoms with Crippen LogP contribution in [0.1, 0.15) is 46.5 Å². The van der Waals surface area contributed by atoms with E-state index in [0.717, 1.165) is 34.6 Å². The SMILES string of the molecule is CCCCOc1ccc(NC(=O)C(Sc2ccc(NC(=O)/C(=C/c3ccsc3)NC(=O)c3ccccc3)cc2)c2ccccc2)cc1. The molecule has 238 valence electrons. The van der Waals surface area contributed by atoms with Gasteiger partial charge in [-0.1, -0.05) is 61.9 Å². The Kier molecular flexibility index (Phi) is 12.0. The predicted molar refractivity (Wildman–Crippen MR) is 192 cm³/mol. The molecule has 0 bridgehead atoms. The number of thioether (sulfide) groups is 1. The molecule has 1 heterocycles. The van der Waals surface area contributed by atoms with E-state index in [9.17, 15) is 14.4 Å². The lowest BCUT2D eigenvalue weighted by Crippen LogP contribution is -2.30. The third kappa shape index (κ3) is 9.93. The molecular weight excluding hydrogens is 627 g/mol. The smallest absolute Gasteiger partial charge is 0.272 e. The van der Waals surface area contributed by atoms with Gasteiger partial charge in [-0.25, -0.2) is 0 Å². The van der Waals surface area contributed by atoms with Crippen molar-refractivity contribution in [1.29, 1.82) is 0 Å². The van der Waals surface area contributed by atoms with Crippen LogP contribution in [0.15, 0.2) is 137 Å². The molecule has 0 fully saturated rings. The first-order valence-electron chi connectivity index (χ1n) is 15.3. The molecule has 5 rings (SSSR count). The molecule has 0 aliphatic heterocycles. The molecule has 4 aromatic carbocycles.